The Morgan fingerprint density at radius 1 is 1.44 bits per heavy atom. The molecule has 0 radical (unpaired) electrons. The first-order valence-corrected chi connectivity index (χ1v) is 6.61. The molecule has 92 valence electrons. The highest BCUT2D eigenvalue weighted by atomic mass is 32.1. The quantitative estimate of drug-likeness (QED) is 0.907. The molecule has 0 aliphatic heterocycles. The number of nitrogens with one attached hydrogen (secondary N) is 1. The largest absolute Gasteiger partial charge is 0.381 e. The molecule has 2 aromatic rings. The lowest BCUT2D eigenvalue weighted by molar-refractivity contribution is 0.624. The number of benzene rings is 1. The van der Waals surface area contributed by atoms with Crippen molar-refractivity contribution in [2.75, 3.05) is 5.32 Å². The first kappa shape index (κ1) is 12.6. The average molecular weight is 260 g/mol. The molecule has 0 fully saturated rings. The highest BCUT2D eigenvalue weighted by Gasteiger charge is 2.10. The first-order chi connectivity index (χ1) is 8.70. The van der Waals surface area contributed by atoms with Crippen molar-refractivity contribution in [1.82, 2.24) is 0 Å². The van der Waals surface area contributed by atoms with Crippen LogP contribution in [-0.2, 0) is 6.42 Å². The second-order valence-electron chi connectivity index (χ2n) is 4.16. The number of hydrogen-bond acceptors (Lipinski definition) is 3. The molecule has 1 aromatic heterocycles. The lowest BCUT2D eigenvalue weighted by Gasteiger charge is -2.15. The van der Waals surface area contributed by atoms with E-state index in [2.05, 4.69) is 16.8 Å². The Balaban J connectivity index is 2.10. The van der Waals surface area contributed by atoms with Crippen LogP contribution in [0.25, 0.3) is 0 Å². The van der Waals surface area contributed by atoms with Crippen molar-refractivity contribution >= 4 is 17.0 Å². The minimum absolute atomic E-state index is 0.0784. The highest BCUT2D eigenvalue weighted by molar-refractivity contribution is 7.07. The maximum atomic E-state index is 13.4. The number of hydrogen-bond donors (Lipinski definition) is 1. The standard InChI is InChI=1S/C14H13FN2S/c1-10(7-11-5-6-18-9-11)17-14-4-2-3-13(15)12(14)8-16/h2-6,9-10,17H,7H2,1H3. The molecule has 2 rings (SSSR count). The van der Waals surface area contributed by atoms with Crippen LogP contribution < -0.4 is 5.32 Å². The van der Waals surface area contributed by atoms with E-state index in [9.17, 15) is 4.39 Å². The van der Waals surface area contributed by atoms with Gasteiger partial charge in [-0.1, -0.05) is 6.07 Å². The van der Waals surface area contributed by atoms with Crippen molar-refractivity contribution in [3.05, 3.63) is 52.0 Å². The van der Waals surface area contributed by atoms with E-state index in [0.29, 0.717) is 5.69 Å². The molecule has 2 nitrogen and oxygen atoms in total. The van der Waals surface area contributed by atoms with Crippen LogP contribution in [0, 0.1) is 17.1 Å². The first-order valence-electron chi connectivity index (χ1n) is 5.67. The summed E-state index contributed by atoms with van der Waals surface area (Å²) >= 11 is 1.66. The normalized spacial score (nSPS) is 11.8. The van der Waals surface area contributed by atoms with Gasteiger partial charge in [0.15, 0.2) is 0 Å². The Morgan fingerprint density at radius 3 is 2.94 bits per heavy atom. The summed E-state index contributed by atoms with van der Waals surface area (Å²) < 4.78 is 13.4. The highest BCUT2D eigenvalue weighted by Crippen LogP contribution is 2.19. The third kappa shape index (κ3) is 2.88. The second-order valence-corrected chi connectivity index (χ2v) is 4.94. The summed E-state index contributed by atoms with van der Waals surface area (Å²) in [6, 6.07) is 8.74. The zero-order chi connectivity index (χ0) is 13.0. The van der Waals surface area contributed by atoms with E-state index in [1.165, 1.54) is 11.6 Å². The molecule has 4 heteroatoms. The van der Waals surface area contributed by atoms with Gasteiger partial charge in [-0.3, -0.25) is 0 Å². The molecule has 0 spiro atoms. The predicted octanol–water partition coefficient (Wildman–Crippen LogP) is 3.80. The molecule has 1 aromatic carbocycles. The fourth-order valence-electron chi connectivity index (χ4n) is 1.84. The van der Waals surface area contributed by atoms with Gasteiger partial charge in [-0.05, 0) is 47.9 Å². The molecule has 0 aliphatic carbocycles. The second kappa shape index (κ2) is 5.65. The summed E-state index contributed by atoms with van der Waals surface area (Å²) in [5.41, 5.74) is 1.88. The molecule has 1 unspecified atom stereocenters. The molecule has 18 heavy (non-hydrogen) atoms. The van der Waals surface area contributed by atoms with Crippen LogP contribution in [-0.4, -0.2) is 6.04 Å². The minimum Gasteiger partial charge on any atom is -0.381 e. The number of halogens is 1. The van der Waals surface area contributed by atoms with E-state index in [1.54, 1.807) is 23.5 Å². The van der Waals surface area contributed by atoms with Crippen LogP contribution in [0.15, 0.2) is 35.0 Å². The monoisotopic (exact) mass is 260 g/mol. The van der Waals surface area contributed by atoms with Gasteiger partial charge in [-0.15, -0.1) is 0 Å². The summed E-state index contributed by atoms with van der Waals surface area (Å²) in [4.78, 5) is 0. The van der Waals surface area contributed by atoms with E-state index in [-0.39, 0.29) is 11.6 Å². The molecule has 1 atom stereocenters. The molecule has 0 saturated heterocycles. The van der Waals surface area contributed by atoms with Gasteiger partial charge in [0, 0.05) is 6.04 Å². The van der Waals surface area contributed by atoms with Crippen molar-refractivity contribution in [2.24, 2.45) is 0 Å². The van der Waals surface area contributed by atoms with Gasteiger partial charge in [0.2, 0.25) is 0 Å². The van der Waals surface area contributed by atoms with Crippen LogP contribution in [0.2, 0.25) is 0 Å². The Labute approximate surface area is 110 Å². The molecule has 0 amide bonds. The summed E-state index contributed by atoms with van der Waals surface area (Å²) in [5.74, 6) is -0.481. The average Bonchev–Trinajstić information content (AvgIpc) is 2.82. The van der Waals surface area contributed by atoms with E-state index >= 15 is 0 Å². The van der Waals surface area contributed by atoms with Crippen LogP contribution in [0.4, 0.5) is 10.1 Å². The van der Waals surface area contributed by atoms with Crippen LogP contribution >= 0.6 is 11.3 Å². The lowest BCUT2D eigenvalue weighted by atomic mass is 10.1. The van der Waals surface area contributed by atoms with Gasteiger partial charge in [0.1, 0.15) is 17.4 Å². The van der Waals surface area contributed by atoms with Crippen molar-refractivity contribution in [3.63, 3.8) is 0 Å². The van der Waals surface area contributed by atoms with Crippen molar-refractivity contribution < 1.29 is 4.39 Å². The number of anilines is 1. The Bertz CT molecular complexity index is 558. The molecule has 0 bridgehead atoms. The Kier molecular flexibility index (Phi) is 3.96. The fourth-order valence-corrected chi connectivity index (χ4v) is 2.52. The molecule has 0 saturated carbocycles. The van der Waals surface area contributed by atoms with Gasteiger partial charge in [-0.25, -0.2) is 4.39 Å². The third-order valence-electron chi connectivity index (χ3n) is 2.65. The van der Waals surface area contributed by atoms with E-state index in [1.807, 2.05) is 18.4 Å². The van der Waals surface area contributed by atoms with Gasteiger partial charge in [0.05, 0.1) is 5.69 Å². The molecule has 1 heterocycles. The maximum Gasteiger partial charge on any atom is 0.143 e. The lowest BCUT2D eigenvalue weighted by Crippen LogP contribution is -2.18. The van der Waals surface area contributed by atoms with E-state index in [4.69, 9.17) is 5.26 Å². The molecular weight excluding hydrogens is 247 g/mol. The SMILES string of the molecule is CC(Cc1ccsc1)Nc1cccc(F)c1C#N. The zero-order valence-corrected chi connectivity index (χ0v) is 10.8. The summed E-state index contributed by atoms with van der Waals surface area (Å²) in [7, 11) is 0. The Hall–Kier alpha value is -1.86. The van der Waals surface area contributed by atoms with Crippen molar-refractivity contribution in [2.45, 2.75) is 19.4 Å². The number of nitrogens with zero attached hydrogens (tertiary/aromatic N) is 1. The topological polar surface area (TPSA) is 35.8 Å². The third-order valence-corrected chi connectivity index (χ3v) is 3.38. The minimum atomic E-state index is -0.481. The van der Waals surface area contributed by atoms with E-state index in [0.717, 1.165) is 6.42 Å². The predicted molar refractivity (Wildman–Crippen MR) is 72.2 cm³/mol. The van der Waals surface area contributed by atoms with Gasteiger partial charge >= 0.3 is 0 Å². The number of thiophene rings is 1. The smallest absolute Gasteiger partial charge is 0.143 e. The van der Waals surface area contributed by atoms with E-state index < -0.39 is 5.82 Å². The summed E-state index contributed by atoms with van der Waals surface area (Å²) in [6.45, 7) is 2.02. The van der Waals surface area contributed by atoms with Gasteiger partial charge in [0.25, 0.3) is 0 Å². The van der Waals surface area contributed by atoms with Crippen LogP contribution in [0.5, 0.6) is 0 Å². The van der Waals surface area contributed by atoms with Gasteiger partial charge < -0.3 is 5.32 Å². The number of rotatable bonds is 4. The summed E-state index contributed by atoms with van der Waals surface area (Å²) in [6.07, 6.45) is 0.852. The van der Waals surface area contributed by atoms with Crippen LogP contribution in [0.3, 0.4) is 0 Å². The van der Waals surface area contributed by atoms with Gasteiger partial charge in [-0.2, -0.15) is 16.6 Å². The summed E-state index contributed by atoms with van der Waals surface area (Å²) in [5, 5.41) is 16.2. The Morgan fingerprint density at radius 2 is 2.28 bits per heavy atom. The zero-order valence-electron chi connectivity index (χ0n) is 9.98. The molecule has 1 N–H and O–H groups in total. The number of nitriles is 1. The molecular formula is C14H13FN2S. The van der Waals surface area contributed by atoms with Crippen molar-refractivity contribution in [3.8, 4) is 6.07 Å². The maximum absolute atomic E-state index is 13.4. The van der Waals surface area contributed by atoms with Crippen LogP contribution in [0.1, 0.15) is 18.1 Å². The van der Waals surface area contributed by atoms with Crippen molar-refractivity contribution in [1.29, 1.82) is 5.26 Å². The molecule has 0 aliphatic rings. The fraction of sp³-hybridized carbons (Fsp3) is 0.214.